The summed E-state index contributed by atoms with van der Waals surface area (Å²) in [5.74, 6) is -0.765. The van der Waals surface area contributed by atoms with Gasteiger partial charge in [0.1, 0.15) is 11.6 Å². The summed E-state index contributed by atoms with van der Waals surface area (Å²) in [5.41, 5.74) is 3.73. The predicted octanol–water partition coefficient (Wildman–Crippen LogP) is 3.98. The van der Waals surface area contributed by atoms with E-state index in [1.807, 2.05) is 19.1 Å². The van der Waals surface area contributed by atoms with Gasteiger partial charge in [-0.15, -0.1) is 0 Å². The molecule has 0 aromatic heterocycles. The van der Waals surface area contributed by atoms with Crippen molar-refractivity contribution < 1.29 is 8.78 Å². The lowest BCUT2D eigenvalue weighted by molar-refractivity contribution is 0.573. The third kappa shape index (κ3) is 1.86. The Morgan fingerprint density at radius 3 is 2.78 bits per heavy atom. The quantitative estimate of drug-likeness (QED) is 0.801. The van der Waals surface area contributed by atoms with E-state index in [2.05, 4.69) is 11.4 Å². The zero-order valence-electron chi connectivity index (χ0n) is 10.0. The van der Waals surface area contributed by atoms with Crippen LogP contribution >= 0.6 is 0 Å². The highest BCUT2D eigenvalue weighted by Gasteiger charge is 2.24. The summed E-state index contributed by atoms with van der Waals surface area (Å²) in [6.45, 7) is 2.02. The average Bonchev–Trinajstić information content (AvgIpc) is 2.74. The summed E-state index contributed by atoms with van der Waals surface area (Å²) < 4.78 is 26.9. The van der Waals surface area contributed by atoms with Gasteiger partial charge in [-0.25, -0.2) is 8.78 Å². The maximum Gasteiger partial charge on any atom is 0.128 e. The molecule has 1 N–H and O–H groups in total. The molecule has 3 rings (SSSR count). The fourth-order valence-corrected chi connectivity index (χ4v) is 2.46. The maximum absolute atomic E-state index is 13.7. The van der Waals surface area contributed by atoms with Gasteiger partial charge in [0.2, 0.25) is 0 Å². The first kappa shape index (κ1) is 11.2. The van der Waals surface area contributed by atoms with Crippen LogP contribution in [0.4, 0.5) is 14.5 Å². The zero-order chi connectivity index (χ0) is 12.7. The largest absolute Gasteiger partial charge is 0.378 e. The van der Waals surface area contributed by atoms with Crippen LogP contribution in [0.1, 0.15) is 22.7 Å². The fraction of sp³-hybridized carbons (Fsp3) is 0.200. The molecule has 1 aliphatic heterocycles. The highest BCUT2D eigenvalue weighted by atomic mass is 19.1. The van der Waals surface area contributed by atoms with Crippen LogP contribution in [0.5, 0.6) is 0 Å². The van der Waals surface area contributed by atoms with Crippen LogP contribution in [0.3, 0.4) is 0 Å². The highest BCUT2D eigenvalue weighted by Crippen LogP contribution is 2.35. The number of fused-ring (bicyclic) bond motifs is 1. The summed E-state index contributed by atoms with van der Waals surface area (Å²) in [6, 6.07) is 9.49. The average molecular weight is 245 g/mol. The van der Waals surface area contributed by atoms with Crippen LogP contribution in [0.25, 0.3) is 0 Å². The van der Waals surface area contributed by atoms with Crippen molar-refractivity contribution in [3.63, 3.8) is 0 Å². The van der Waals surface area contributed by atoms with E-state index in [0.29, 0.717) is 12.0 Å². The molecule has 1 unspecified atom stereocenters. The van der Waals surface area contributed by atoms with Gasteiger partial charge in [-0.2, -0.15) is 0 Å². The van der Waals surface area contributed by atoms with E-state index >= 15 is 0 Å². The Bertz CT molecular complexity index is 607. The molecule has 1 atom stereocenters. The summed E-state index contributed by atoms with van der Waals surface area (Å²) in [6.07, 6.45) is 0.692. The van der Waals surface area contributed by atoms with E-state index in [-0.39, 0.29) is 11.9 Å². The lowest BCUT2D eigenvalue weighted by atomic mass is 10.0. The molecule has 0 radical (unpaired) electrons. The number of hydrogen-bond acceptors (Lipinski definition) is 1. The van der Waals surface area contributed by atoms with Gasteiger partial charge in [0.05, 0.1) is 6.04 Å². The van der Waals surface area contributed by atoms with Crippen LogP contribution in [0.15, 0.2) is 36.4 Å². The van der Waals surface area contributed by atoms with Crippen LogP contribution in [0, 0.1) is 18.6 Å². The Balaban J connectivity index is 1.96. The van der Waals surface area contributed by atoms with Crippen molar-refractivity contribution in [3.05, 3.63) is 64.7 Å². The van der Waals surface area contributed by atoms with Crippen molar-refractivity contribution in [2.24, 2.45) is 0 Å². The van der Waals surface area contributed by atoms with Crippen LogP contribution in [-0.2, 0) is 6.42 Å². The Morgan fingerprint density at radius 2 is 1.94 bits per heavy atom. The van der Waals surface area contributed by atoms with Gasteiger partial charge in [-0.1, -0.05) is 17.7 Å². The SMILES string of the molecule is Cc1ccc2c(c1)CC(c1cc(F)ccc1F)N2. The predicted molar refractivity (Wildman–Crippen MR) is 67.6 cm³/mol. The molecule has 1 nitrogen and oxygen atoms in total. The third-order valence-electron chi connectivity index (χ3n) is 3.35. The van der Waals surface area contributed by atoms with Gasteiger partial charge in [0, 0.05) is 11.3 Å². The molecule has 2 aromatic rings. The minimum atomic E-state index is -0.402. The van der Waals surface area contributed by atoms with Crippen molar-refractivity contribution >= 4 is 5.69 Å². The molecule has 0 spiro atoms. The normalized spacial score (nSPS) is 17.4. The summed E-state index contributed by atoms with van der Waals surface area (Å²) in [5, 5.41) is 3.24. The minimum Gasteiger partial charge on any atom is -0.378 e. The van der Waals surface area contributed by atoms with Crippen LogP contribution < -0.4 is 5.32 Å². The molecule has 0 amide bonds. The number of benzene rings is 2. The molecule has 1 heterocycles. The molecule has 0 saturated carbocycles. The second-order valence-electron chi connectivity index (χ2n) is 4.73. The standard InChI is InChI=1S/C15H13F2N/c1-9-2-5-14-10(6-9)7-15(18-14)12-8-11(16)3-4-13(12)17/h2-6,8,15,18H,7H2,1H3. The van der Waals surface area contributed by atoms with E-state index < -0.39 is 5.82 Å². The van der Waals surface area contributed by atoms with Crippen LogP contribution in [0.2, 0.25) is 0 Å². The number of nitrogens with one attached hydrogen (secondary N) is 1. The van der Waals surface area contributed by atoms with E-state index in [1.54, 1.807) is 0 Å². The molecule has 0 saturated heterocycles. The van der Waals surface area contributed by atoms with Gasteiger partial charge in [0.25, 0.3) is 0 Å². The number of anilines is 1. The second kappa shape index (κ2) is 4.09. The summed E-state index contributed by atoms with van der Waals surface area (Å²) >= 11 is 0. The van der Waals surface area contributed by atoms with Crippen molar-refractivity contribution in [1.82, 2.24) is 0 Å². The molecule has 3 heteroatoms. The topological polar surface area (TPSA) is 12.0 Å². The fourth-order valence-electron chi connectivity index (χ4n) is 2.46. The number of hydrogen-bond donors (Lipinski definition) is 1. The smallest absolute Gasteiger partial charge is 0.128 e. The van der Waals surface area contributed by atoms with Crippen LogP contribution in [-0.4, -0.2) is 0 Å². The maximum atomic E-state index is 13.7. The molecule has 0 bridgehead atoms. The number of halogens is 2. The molecular weight excluding hydrogens is 232 g/mol. The highest BCUT2D eigenvalue weighted by molar-refractivity contribution is 5.59. The first-order chi connectivity index (χ1) is 8.63. The minimum absolute atomic E-state index is 0.183. The molecule has 18 heavy (non-hydrogen) atoms. The molecule has 2 aromatic carbocycles. The van der Waals surface area contributed by atoms with Gasteiger partial charge in [-0.3, -0.25) is 0 Å². The summed E-state index contributed by atoms with van der Waals surface area (Å²) in [4.78, 5) is 0. The monoisotopic (exact) mass is 245 g/mol. The van der Waals surface area contributed by atoms with Gasteiger partial charge in [0.15, 0.2) is 0 Å². The van der Waals surface area contributed by atoms with Crippen molar-refractivity contribution in [3.8, 4) is 0 Å². The molecular formula is C15H13F2N. The lowest BCUT2D eigenvalue weighted by Gasteiger charge is -2.12. The number of rotatable bonds is 1. The van der Waals surface area contributed by atoms with E-state index in [9.17, 15) is 8.78 Å². The first-order valence-corrected chi connectivity index (χ1v) is 5.94. The second-order valence-corrected chi connectivity index (χ2v) is 4.73. The zero-order valence-corrected chi connectivity index (χ0v) is 10.0. The Morgan fingerprint density at radius 1 is 1.11 bits per heavy atom. The van der Waals surface area contributed by atoms with E-state index in [4.69, 9.17) is 0 Å². The molecule has 92 valence electrons. The van der Waals surface area contributed by atoms with E-state index in [1.165, 1.54) is 17.7 Å². The first-order valence-electron chi connectivity index (χ1n) is 5.94. The Hall–Kier alpha value is -1.90. The van der Waals surface area contributed by atoms with Gasteiger partial charge < -0.3 is 5.32 Å². The van der Waals surface area contributed by atoms with Crippen molar-refractivity contribution in [2.75, 3.05) is 5.32 Å². The van der Waals surface area contributed by atoms with Crippen molar-refractivity contribution in [1.29, 1.82) is 0 Å². The number of aryl methyl sites for hydroxylation is 1. The molecule has 0 aliphatic carbocycles. The van der Waals surface area contributed by atoms with E-state index in [0.717, 1.165) is 17.3 Å². The molecule has 0 fully saturated rings. The van der Waals surface area contributed by atoms with Crippen molar-refractivity contribution in [2.45, 2.75) is 19.4 Å². The molecule has 1 aliphatic rings. The lowest BCUT2D eigenvalue weighted by Crippen LogP contribution is -2.08. The van der Waals surface area contributed by atoms with Gasteiger partial charge in [-0.05, 0) is 43.2 Å². The Labute approximate surface area is 104 Å². The Kier molecular flexibility index (Phi) is 2.54. The third-order valence-corrected chi connectivity index (χ3v) is 3.35. The summed E-state index contributed by atoms with van der Waals surface area (Å²) in [7, 11) is 0. The van der Waals surface area contributed by atoms with Gasteiger partial charge >= 0.3 is 0 Å².